The van der Waals surface area contributed by atoms with Gasteiger partial charge in [0.05, 0.1) is 34.9 Å². The van der Waals surface area contributed by atoms with Crippen molar-refractivity contribution >= 4 is 52.6 Å². The molecule has 1 fully saturated rings. The third-order valence-electron chi connectivity index (χ3n) is 6.07. The standard InChI is InChI=1S/C25H27Cl3N2O9/c1-12(31)30-20-17(32)9-25(24(36)37,38-11-14-3-2-4-16(27)19(14)28)39-22(20)21(34)18(33)10-29-23(35)13-5-7-15(26)8-6-13/h2-8,17-18,20-22,32-34H,9-11H2,1H3,(H,29,35)(H,30,31)(H,36,37)/t17-,18+,20+,21-,22+,25+/m0/s1. The molecule has 3 rings (SSSR count). The highest BCUT2D eigenvalue weighted by atomic mass is 35.5. The molecule has 39 heavy (non-hydrogen) atoms. The van der Waals surface area contributed by atoms with E-state index in [2.05, 4.69) is 10.6 Å². The van der Waals surface area contributed by atoms with E-state index in [1.54, 1.807) is 12.1 Å². The molecule has 14 heteroatoms. The van der Waals surface area contributed by atoms with E-state index < -0.39 is 73.6 Å². The lowest BCUT2D eigenvalue weighted by molar-refractivity contribution is -0.314. The number of benzene rings is 2. The van der Waals surface area contributed by atoms with Gasteiger partial charge in [0, 0.05) is 30.5 Å². The van der Waals surface area contributed by atoms with Gasteiger partial charge in [-0.1, -0.05) is 46.9 Å². The molecular formula is C25H27Cl3N2O9. The topological polar surface area (TPSA) is 175 Å². The highest BCUT2D eigenvalue weighted by molar-refractivity contribution is 6.42. The lowest BCUT2D eigenvalue weighted by Crippen LogP contribution is -2.68. The molecule has 0 bridgehead atoms. The van der Waals surface area contributed by atoms with Gasteiger partial charge in [0.25, 0.3) is 11.7 Å². The number of nitrogens with one attached hydrogen (secondary N) is 2. The summed E-state index contributed by atoms with van der Waals surface area (Å²) in [5.41, 5.74) is 0.563. The first-order chi connectivity index (χ1) is 18.3. The second-order valence-electron chi connectivity index (χ2n) is 8.91. The van der Waals surface area contributed by atoms with Gasteiger partial charge in [-0.2, -0.15) is 0 Å². The molecule has 0 aromatic heterocycles. The van der Waals surface area contributed by atoms with Crippen LogP contribution in [0.2, 0.25) is 15.1 Å². The quantitative estimate of drug-likeness (QED) is 0.236. The van der Waals surface area contributed by atoms with Crippen molar-refractivity contribution in [2.24, 2.45) is 0 Å². The smallest absolute Gasteiger partial charge is 0.364 e. The number of carbonyl (C=O) groups excluding carboxylic acids is 2. The molecule has 0 saturated carbocycles. The second kappa shape index (κ2) is 13.2. The molecule has 2 aromatic rings. The Morgan fingerprint density at radius 1 is 1.13 bits per heavy atom. The molecular weight excluding hydrogens is 579 g/mol. The van der Waals surface area contributed by atoms with Gasteiger partial charge in [0.2, 0.25) is 5.91 Å². The maximum Gasteiger partial charge on any atom is 0.364 e. The second-order valence-corrected chi connectivity index (χ2v) is 10.1. The highest BCUT2D eigenvalue weighted by Gasteiger charge is 2.55. The molecule has 2 amide bonds. The van der Waals surface area contributed by atoms with Gasteiger partial charge < -0.3 is 40.5 Å². The summed E-state index contributed by atoms with van der Waals surface area (Å²) in [4.78, 5) is 36.5. The Kier molecular flexibility index (Phi) is 10.5. The van der Waals surface area contributed by atoms with Crippen molar-refractivity contribution in [1.29, 1.82) is 0 Å². The number of hydrogen-bond acceptors (Lipinski definition) is 8. The number of halogens is 3. The number of aliphatic carboxylic acids is 1. The molecule has 6 atom stereocenters. The Balaban J connectivity index is 1.80. The van der Waals surface area contributed by atoms with E-state index in [0.29, 0.717) is 10.6 Å². The lowest BCUT2D eigenvalue weighted by atomic mass is 9.88. The number of ether oxygens (including phenoxy) is 2. The van der Waals surface area contributed by atoms with Crippen molar-refractivity contribution in [3.8, 4) is 0 Å². The maximum atomic E-state index is 12.4. The Labute approximate surface area is 238 Å². The van der Waals surface area contributed by atoms with E-state index in [4.69, 9.17) is 44.3 Å². The van der Waals surface area contributed by atoms with Crippen LogP contribution in [0.3, 0.4) is 0 Å². The molecule has 0 spiro atoms. The summed E-state index contributed by atoms with van der Waals surface area (Å²) in [6, 6.07) is 9.23. The Morgan fingerprint density at radius 3 is 2.41 bits per heavy atom. The predicted molar refractivity (Wildman–Crippen MR) is 141 cm³/mol. The summed E-state index contributed by atoms with van der Waals surface area (Å²) < 4.78 is 11.3. The molecule has 0 unspecified atom stereocenters. The third-order valence-corrected chi connectivity index (χ3v) is 7.18. The van der Waals surface area contributed by atoms with Gasteiger partial charge in [-0.25, -0.2) is 4.79 Å². The molecule has 1 heterocycles. The van der Waals surface area contributed by atoms with Gasteiger partial charge in [0.1, 0.15) is 12.2 Å². The van der Waals surface area contributed by atoms with Crippen molar-refractivity contribution < 1.29 is 44.3 Å². The number of rotatable bonds is 10. The van der Waals surface area contributed by atoms with Gasteiger partial charge in [-0.05, 0) is 35.9 Å². The van der Waals surface area contributed by atoms with Crippen LogP contribution >= 0.6 is 34.8 Å². The first-order valence-corrected chi connectivity index (χ1v) is 12.8. The summed E-state index contributed by atoms with van der Waals surface area (Å²) in [6.07, 6.45) is -7.49. The van der Waals surface area contributed by atoms with E-state index in [9.17, 15) is 34.8 Å². The van der Waals surface area contributed by atoms with Crippen LogP contribution in [0.25, 0.3) is 0 Å². The number of aliphatic hydroxyl groups is 3. The largest absolute Gasteiger partial charge is 0.477 e. The first kappa shape index (κ1) is 31.1. The zero-order valence-corrected chi connectivity index (χ0v) is 22.8. The summed E-state index contributed by atoms with van der Waals surface area (Å²) in [7, 11) is 0. The van der Waals surface area contributed by atoms with Crippen molar-refractivity contribution in [2.45, 2.75) is 56.2 Å². The van der Waals surface area contributed by atoms with Crippen LogP contribution in [0.5, 0.6) is 0 Å². The Bertz CT molecular complexity index is 1200. The average Bonchev–Trinajstić information content (AvgIpc) is 2.88. The van der Waals surface area contributed by atoms with Crippen molar-refractivity contribution in [3.63, 3.8) is 0 Å². The lowest BCUT2D eigenvalue weighted by Gasteiger charge is -2.46. The van der Waals surface area contributed by atoms with E-state index in [0.717, 1.165) is 6.92 Å². The van der Waals surface area contributed by atoms with Crippen LogP contribution in [-0.4, -0.2) is 81.0 Å². The normalized spacial score (nSPS) is 24.4. The fraction of sp³-hybridized carbons (Fsp3) is 0.400. The fourth-order valence-electron chi connectivity index (χ4n) is 4.04. The molecule has 6 N–H and O–H groups in total. The Hall–Kier alpha value is -2.48. The van der Waals surface area contributed by atoms with E-state index in [1.807, 2.05) is 0 Å². The molecule has 2 aromatic carbocycles. The number of aliphatic hydroxyl groups excluding tert-OH is 3. The van der Waals surface area contributed by atoms with Crippen molar-refractivity contribution in [1.82, 2.24) is 10.6 Å². The third kappa shape index (κ3) is 7.59. The number of carboxylic acid groups (broad SMARTS) is 1. The van der Waals surface area contributed by atoms with Crippen LogP contribution in [-0.2, 0) is 25.7 Å². The van der Waals surface area contributed by atoms with E-state index >= 15 is 0 Å². The van der Waals surface area contributed by atoms with Crippen LogP contribution in [0.15, 0.2) is 42.5 Å². The molecule has 11 nitrogen and oxygen atoms in total. The van der Waals surface area contributed by atoms with Crippen LogP contribution in [0.4, 0.5) is 0 Å². The summed E-state index contributed by atoms with van der Waals surface area (Å²) in [5.74, 6) is -5.33. The van der Waals surface area contributed by atoms with Crippen LogP contribution < -0.4 is 10.6 Å². The minimum atomic E-state index is -2.50. The summed E-state index contributed by atoms with van der Waals surface area (Å²) in [5, 5.41) is 48.0. The van der Waals surface area contributed by atoms with Gasteiger partial charge in [-0.3, -0.25) is 9.59 Å². The minimum absolute atomic E-state index is 0.121. The monoisotopic (exact) mass is 604 g/mol. The number of carboxylic acids is 1. The minimum Gasteiger partial charge on any atom is -0.477 e. The maximum absolute atomic E-state index is 12.4. The van der Waals surface area contributed by atoms with Crippen LogP contribution in [0.1, 0.15) is 29.3 Å². The van der Waals surface area contributed by atoms with Crippen LogP contribution in [0, 0.1) is 0 Å². The first-order valence-electron chi connectivity index (χ1n) is 11.7. The zero-order valence-electron chi connectivity index (χ0n) is 20.5. The number of carbonyl (C=O) groups is 3. The number of hydrogen-bond donors (Lipinski definition) is 6. The summed E-state index contributed by atoms with van der Waals surface area (Å²) in [6.45, 7) is 0.270. The number of amides is 2. The van der Waals surface area contributed by atoms with Gasteiger partial charge in [-0.15, -0.1) is 0 Å². The molecule has 1 aliphatic rings. The van der Waals surface area contributed by atoms with E-state index in [1.165, 1.54) is 30.3 Å². The predicted octanol–water partition coefficient (Wildman–Crippen LogP) is 1.75. The molecule has 0 aliphatic carbocycles. The summed E-state index contributed by atoms with van der Waals surface area (Å²) >= 11 is 18.0. The average molecular weight is 606 g/mol. The Morgan fingerprint density at radius 2 is 1.79 bits per heavy atom. The van der Waals surface area contributed by atoms with Crippen molar-refractivity contribution in [2.75, 3.05) is 6.54 Å². The molecule has 1 aliphatic heterocycles. The van der Waals surface area contributed by atoms with Gasteiger partial charge in [0.15, 0.2) is 0 Å². The highest BCUT2D eigenvalue weighted by Crippen LogP contribution is 2.35. The van der Waals surface area contributed by atoms with E-state index in [-0.39, 0.29) is 15.6 Å². The SMILES string of the molecule is CC(=O)N[C@H]1[C@H]([C@@H](O)[C@H](O)CNC(=O)c2ccc(Cl)cc2)O[C@@](OCc2cccc(Cl)c2Cl)(C(=O)O)C[C@@H]1O. The molecule has 1 saturated heterocycles. The molecule has 0 radical (unpaired) electrons. The zero-order chi connectivity index (χ0) is 28.9. The fourth-order valence-corrected chi connectivity index (χ4v) is 4.55. The van der Waals surface area contributed by atoms with Gasteiger partial charge >= 0.3 is 5.97 Å². The molecule has 212 valence electrons. The van der Waals surface area contributed by atoms with Crippen molar-refractivity contribution in [3.05, 3.63) is 68.7 Å².